The number of hydrogen-bond donors (Lipinski definition) is 5. The molecule has 1 aliphatic carbocycles. The summed E-state index contributed by atoms with van der Waals surface area (Å²) in [5.41, 5.74) is 2.66. The van der Waals surface area contributed by atoms with Crippen molar-refractivity contribution in [1.29, 1.82) is 0 Å². The standard InChI is InChI=1S/C23H31N5O4/c1-12-17(21-27-14-7-5-6-8-16(14)32-21)20(28-22(25-12)24-11-23(2,3)4)26-15-9-13(10-29)18(30)19(15)31/h5-8,13,15,18-19,29-31H,9-11H2,1-4H3,(H2,24,25,26,28)/t13-,15-,18-,19+/m1/s1. The maximum atomic E-state index is 10.5. The van der Waals surface area contributed by atoms with Gasteiger partial charge in [0, 0.05) is 19.1 Å². The molecule has 1 aliphatic rings. The lowest BCUT2D eigenvalue weighted by Crippen LogP contribution is -2.36. The lowest BCUT2D eigenvalue weighted by atomic mass is 9.97. The zero-order valence-corrected chi connectivity index (χ0v) is 18.8. The van der Waals surface area contributed by atoms with Gasteiger partial charge in [0.2, 0.25) is 11.8 Å². The number of aliphatic hydroxyl groups is 3. The predicted molar refractivity (Wildman–Crippen MR) is 122 cm³/mol. The summed E-state index contributed by atoms with van der Waals surface area (Å²) in [7, 11) is 0. The van der Waals surface area contributed by atoms with Crippen molar-refractivity contribution in [3.8, 4) is 11.5 Å². The van der Waals surface area contributed by atoms with Crippen LogP contribution in [0.1, 0.15) is 32.9 Å². The molecule has 2 aromatic heterocycles. The van der Waals surface area contributed by atoms with Crippen LogP contribution in [-0.4, -0.2) is 61.7 Å². The highest BCUT2D eigenvalue weighted by Crippen LogP contribution is 2.35. The molecule has 2 heterocycles. The summed E-state index contributed by atoms with van der Waals surface area (Å²) in [4.78, 5) is 13.9. The van der Waals surface area contributed by atoms with Crippen LogP contribution in [0.2, 0.25) is 0 Å². The number of para-hydroxylation sites is 2. The SMILES string of the molecule is Cc1nc(NCC(C)(C)C)nc(N[C@@H]2C[C@H](CO)[C@@H](O)[C@H]2O)c1-c1nc2ccccc2o1. The Hall–Kier alpha value is -2.75. The Morgan fingerprint density at radius 1 is 1.09 bits per heavy atom. The molecule has 5 N–H and O–H groups in total. The molecule has 4 atom stereocenters. The summed E-state index contributed by atoms with van der Waals surface area (Å²) in [6, 6.07) is 6.99. The lowest BCUT2D eigenvalue weighted by Gasteiger charge is -2.22. The first-order valence-corrected chi connectivity index (χ1v) is 10.9. The number of rotatable bonds is 6. The molecule has 0 amide bonds. The number of anilines is 2. The third kappa shape index (κ3) is 4.55. The Kier molecular flexibility index (Phi) is 6.07. The minimum absolute atomic E-state index is 0.0317. The van der Waals surface area contributed by atoms with E-state index in [9.17, 15) is 15.3 Å². The zero-order chi connectivity index (χ0) is 23.0. The largest absolute Gasteiger partial charge is 0.436 e. The van der Waals surface area contributed by atoms with Crippen molar-refractivity contribution in [2.45, 2.75) is 52.4 Å². The number of nitrogens with zero attached hydrogens (tertiary/aromatic N) is 3. The second kappa shape index (κ2) is 8.65. The van der Waals surface area contributed by atoms with Gasteiger partial charge in [0.25, 0.3) is 0 Å². The van der Waals surface area contributed by atoms with Crippen molar-refractivity contribution in [1.82, 2.24) is 15.0 Å². The molecule has 1 aromatic carbocycles. The van der Waals surface area contributed by atoms with Gasteiger partial charge < -0.3 is 30.4 Å². The van der Waals surface area contributed by atoms with Crippen LogP contribution < -0.4 is 10.6 Å². The van der Waals surface area contributed by atoms with Crippen LogP contribution in [-0.2, 0) is 0 Å². The molecule has 0 radical (unpaired) electrons. The second-order valence-electron chi connectivity index (χ2n) is 9.67. The molecule has 172 valence electrons. The van der Waals surface area contributed by atoms with Gasteiger partial charge in [0.15, 0.2) is 5.58 Å². The third-order valence-corrected chi connectivity index (χ3v) is 5.73. The molecule has 1 saturated carbocycles. The summed E-state index contributed by atoms with van der Waals surface area (Å²) in [6.07, 6.45) is -1.64. The Labute approximate surface area is 186 Å². The zero-order valence-electron chi connectivity index (χ0n) is 18.8. The van der Waals surface area contributed by atoms with Gasteiger partial charge in [-0.3, -0.25) is 0 Å². The number of fused-ring (bicyclic) bond motifs is 1. The molecule has 0 bridgehead atoms. The summed E-state index contributed by atoms with van der Waals surface area (Å²) >= 11 is 0. The van der Waals surface area contributed by atoms with Crippen molar-refractivity contribution >= 4 is 22.9 Å². The van der Waals surface area contributed by atoms with Crippen LogP contribution >= 0.6 is 0 Å². The molecule has 4 rings (SSSR count). The Balaban J connectivity index is 1.74. The van der Waals surface area contributed by atoms with Crippen molar-refractivity contribution < 1.29 is 19.7 Å². The van der Waals surface area contributed by atoms with Crippen LogP contribution in [0.3, 0.4) is 0 Å². The molecular formula is C23H31N5O4. The first-order chi connectivity index (χ1) is 15.2. The quantitative estimate of drug-likeness (QED) is 0.391. The van der Waals surface area contributed by atoms with Crippen molar-refractivity contribution in [2.75, 3.05) is 23.8 Å². The Morgan fingerprint density at radius 3 is 2.50 bits per heavy atom. The van der Waals surface area contributed by atoms with Gasteiger partial charge in [-0.15, -0.1) is 0 Å². The summed E-state index contributed by atoms with van der Waals surface area (Å²) in [5, 5.41) is 36.8. The molecule has 1 fully saturated rings. The Morgan fingerprint density at radius 2 is 1.84 bits per heavy atom. The average molecular weight is 442 g/mol. The van der Waals surface area contributed by atoms with E-state index in [1.54, 1.807) is 0 Å². The van der Waals surface area contributed by atoms with Gasteiger partial charge in [-0.25, -0.2) is 9.97 Å². The highest BCUT2D eigenvalue weighted by atomic mass is 16.3. The van der Waals surface area contributed by atoms with Crippen LogP contribution in [0.15, 0.2) is 28.7 Å². The molecule has 0 unspecified atom stereocenters. The highest BCUT2D eigenvalue weighted by Gasteiger charge is 2.41. The van der Waals surface area contributed by atoms with Gasteiger partial charge in [-0.2, -0.15) is 4.98 Å². The highest BCUT2D eigenvalue weighted by molar-refractivity contribution is 5.80. The van der Waals surface area contributed by atoms with Gasteiger partial charge in [0.05, 0.1) is 17.8 Å². The molecule has 0 saturated heterocycles. The molecule has 0 spiro atoms. The molecule has 3 aromatic rings. The van der Waals surface area contributed by atoms with E-state index in [-0.39, 0.29) is 12.0 Å². The second-order valence-corrected chi connectivity index (χ2v) is 9.67. The molecule has 0 aliphatic heterocycles. The first kappa shape index (κ1) is 22.4. The topological polar surface area (TPSA) is 137 Å². The van der Waals surface area contributed by atoms with E-state index < -0.39 is 24.2 Å². The number of aliphatic hydroxyl groups excluding tert-OH is 3. The number of nitrogens with one attached hydrogen (secondary N) is 2. The van der Waals surface area contributed by atoms with Crippen molar-refractivity contribution in [3.05, 3.63) is 30.0 Å². The van der Waals surface area contributed by atoms with Crippen LogP contribution in [0, 0.1) is 18.3 Å². The van der Waals surface area contributed by atoms with E-state index in [4.69, 9.17) is 4.42 Å². The van der Waals surface area contributed by atoms with Crippen LogP contribution in [0.4, 0.5) is 11.8 Å². The normalized spacial score (nSPS) is 23.6. The number of aryl methyl sites for hydroxylation is 1. The fourth-order valence-electron chi connectivity index (χ4n) is 3.96. The Bertz CT molecular complexity index is 1060. The van der Waals surface area contributed by atoms with Gasteiger partial charge in [-0.05, 0) is 30.9 Å². The predicted octanol–water partition coefficient (Wildman–Crippen LogP) is 2.57. The van der Waals surface area contributed by atoms with E-state index in [0.717, 1.165) is 5.52 Å². The number of hydrogen-bond acceptors (Lipinski definition) is 9. The van der Waals surface area contributed by atoms with E-state index in [1.165, 1.54) is 0 Å². The fourth-order valence-corrected chi connectivity index (χ4v) is 3.96. The minimum Gasteiger partial charge on any atom is -0.436 e. The molecular weight excluding hydrogens is 410 g/mol. The maximum absolute atomic E-state index is 10.5. The molecule has 9 heteroatoms. The monoisotopic (exact) mass is 441 g/mol. The first-order valence-electron chi connectivity index (χ1n) is 10.9. The summed E-state index contributed by atoms with van der Waals surface area (Å²) in [5.74, 6) is 0.874. The lowest BCUT2D eigenvalue weighted by molar-refractivity contribution is 0.00446. The summed E-state index contributed by atoms with van der Waals surface area (Å²) in [6.45, 7) is 8.68. The fraction of sp³-hybridized carbons (Fsp3) is 0.522. The van der Waals surface area contributed by atoms with Crippen LogP contribution in [0.25, 0.3) is 22.6 Å². The third-order valence-electron chi connectivity index (χ3n) is 5.73. The van der Waals surface area contributed by atoms with Gasteiger partial charge in [-0.1, -0.05) is 32.9 Å². The average Bonchev–Trinajstić information content (AvgIpc) is 3.27. The van der Waals surface area contributed by atoms with Gasteiger partial charge in [0.1, 0.15) is 23.0 Å². The smallest absolute Gasteiger partial charge is 0.232 e. The maximum Gasteiger partial charge on any atom is 0.232 e. The van der Waals surface area contributed by atoms with Gasteiger partial charge >= 0.3 is 0 Å². The van der Waals surface area contributed by atoms with E-state index in [0.29, 0.717) is 47.5 Å². The van der Waals surface area contributed by atoms with E-state index >= 15 is 0 Å². The molecule has 32 heavy (non-hydrogen) atoms. The number of benzene rings is 1. The number of oxazole rings is 1. The van der Waals surface area contributed by atoms with Crippen molar-refractivity contribution in [2.24, 2.45) is 11.3 Å². The molecule has 9 nitrogen and oxygen atoms in total. The number of aromatic nitrogens is 3. The van der Waals surface area contributed by atoms with E-state index in [2.05, 4.69) is 46.4 Å². The minimum atomic E-state index is -1.04. The summed E-state index contributed by atoms with van der Waals surface area (Å²) < 4.78 is 5.98. The van der Waals surface area contributed by atoms with Crippen LogP contribution in [0.5, 0.6) is 0 Å². The van der Waals surface area contributed by atoms with Crippen molar-refractivity contribution in [3.63, 3.8) is 0 Å². The van der Waals surface area contributed by atoms with E-state index in [1.807, 2.05) is 31.2 Å².